The van der Waals surface area contributed by atoms with E-state index in [0.717, 1.165) is 18.4 Å². The van der Waals surface area contributed by atoms with Crippen molar-refractivity contribution in [3.05, 3.63) is 83.4 Å². The lowest BCUT2D eigenvalue weighted by Gasteiger charge is -2.18. The molecule has 0 atom stereocenters. The number of allylic oxidation sites excluding steroid dienone is 1. The number of benzene rings is 2. The second-order valence-corrected chi connectivity index (χ2v) is 7.99. The van der Waals surface area contributed by atoms with E-state index in [-0.39, 0.29) is 23.4 Å². The molecule has 0 saturated carbocycles. The summed E-state index contributed by atoms with van der Waals surface area (Å²) >= 11 is 0. The number of esters is 1. The van der Waals surface area contributed by atoms with Crippen LogP contribution in [0.2, 0.25) is 0 Å². The summed E-state index contributed by atoms with van der Waals surface area (Å²) in [5.74, 6) is -0.926. The van der Waals surface area contributed by atoms with E-state index in [4.69, 9.17) is 4.74 Å². The normalized spacial score (nSPS) is 11.0. The molecule has 0 amide bonds. The fourth-order valence-corrected chi connectivity index (χ4v) is 2.77. The highest BCUT2D eigenvalue weighted by molar-refractivity contribution is 6.13. The van der Waals surface area contributed by atoms with E-state index in [1.807, 2.05) is 12.1 Å². The van der Waals surface area contributed by atoms with Crippen molar-refractivity contribution < 1.29 is 19.1 Å². The molecule has 2 aromatic rings. The first-order valence-corrected chi connectivity index (χ1v) is 9.77. The molecule has 152 valence electrons. The van der Waals surface area contributed by atoms with Crippen LogP contribution in [-0.2, 0) is 10.2 Å². The van der Waals surface area contributed by atoms with Crippen LogP contribution in [0.25, 0.3) is 0 Å². The molecule has 4 heteroatoms. The average molecular weight is 392 g/mol. The highest BCUT2D eigenvalue weighted by Crippen LogP contribution is 2.22. The molecule has 4 nitrogen and oxygen atoms in total. The second-order valence-electron chi connectivity index (χ2n) is 7.99. The van der Waals surface area contributed by atoms with Gasteiger partial charge in [-0.1, -0.05) is 63.2 Å². The van der Waals surface area contributed by atoms with Gasteiger partial charge in [-0.05, 0) is 36.0 Å². The average Bonchev–Trinajstić information content (AvgIpc) is 2.70. The Kier molecular flexibility index (Phi) is 7.66. The zero-order valence-corrected chi connectivity index (χ0v) is 17.4. The Hall–Kier alpha value is -3.01. The molecule has 0 unspecified atom stereocenters. The fraction of sp³-hybridized carbons (Fsp3) is 0.320. The molecule has 0 fully saturated rings. The SMILES string of the molecule is C=CCCCOC(=O)c1ccc(C(=O)CC(=O)c2ccc(C(C)(C)C)cc2)cc1. The van der Waals surface area contributed by atoms with Gasteiger partial charge in [0.15, 0.2) is 11.6 Å². The molecule has 0 aliphatic carbocycles. The monoisotopic (exact) mass is 392 g/mol. The third kappa shape index (κ3) is 6.53. The molecule has 0 bridgehead atoms. The molecular formula is C25H28O4. The van der Waals surface area contributed by atoms with E-state index < -0.39 is 5.97 Å². The van der Waals surface area contributed by atoms with Gasteiger partial charge in [0.25, 0.3) is 0 Å². The predicted octanol–water partition coefficient (Wildman–Crippen LogP) is 5.56. The molecule has 0 aromatic heterocycles. The Labute approximate surface area is 172 Å². The van der Waals surface area contributed by atoms with Crippen LogP contribution in [0.15, 0.2) is 61.2 Å². The van der Waals surface area contributed by atoms with Gasteiger partial charge in [-0.25, -0.2) is 4.79 Å². The van der Waals surface area contributed by atoms with E-state index >= 15 is 0 Å². The lowest BCUT2D eigenvalue weighted by atomic mass is 9.86. The smallest absolute Gasteiger partial charge is 0.338 e. The Morgan fingerprint density at radius 3 is 1.83 bits per heavy atom. The number of carbonyl (C=O) groups is 3. The van der Waals surface area contributed by atoms with Crippen molar-refractivity contribution >= 4 is 17.5 Å². The Morgan fingerprint density at radius 2 is 1.34 bits per heavy atom. The van der Waals surface area contributed by atoms with Crippen LogP contribution >= 0.6 is 0 Å². The maximum Gasteiger partial charge on any atom is 0.338 e. The minimum Gasteiger partial charge on any atom is -0.462 e. The van der Waals surface area contributed by atoms with Gasteiger partial charge in [-0.2, -0.15) is 0 Å². The van der Waals surface area contributed by atoms with Crippen LogP contribution in [0.5, 0.6) is 0 Å². The topological polar surface area (TPSA) is 60.4 Å². The first kappa shape index (κ1) is 22.3. The van der Waals surface area contributed by atoms with E-state index in [1.54, 1.807) is 42.5 Å². The van der Waals surface area contributed by atoms with E-state index in [9.17, 15) is 14.4 Å². The highest BCUT2D eigenvalue weighted by atomic mass is 16.5. The molecule has 29 heavy (non-hydrogen) atoms. The summed E-state index contributed by atoms with van der Waals surface area (Å²) in [6, 6.07) is 13.6. The Morgan fingerprint density at radius 1 is 0.862 bits per heavy atom. The van der Waals surface area contributed by atoms with Crippen LogP contribution in [0, 0.1) is 0 Å². The number of rotatable bonds is 9. The molecule has 0 N–H and O–H groups in total. The zero-order chi connectivity index (χ0) is 21.4. The summed E-state index contributed by atoms with van der Waals surface area (Å²) in [5, 5.41) is 0. The minimum absolute atomic E-state index is 0.00590. The van der Waals surface area contributed by atoms with Crippen molar-refractivity contribution in [1.82, 2.24) is 0 Å². The largest absolute Gasteiger partial charge is 0.462 e. The Balaban J connectivity index is 1.95. The third-order valence-electron chi connectivity index (χ3n) is 4.62. The summed E-state index contributed by atoms with van der Waals surface area (Å²) in [6.07, 6.45) is 3.08. The number of Topliss-reactive ketones (excluding diaryl/α,β-unsaturated/α-hetero) is 2. The third-order valence-corrected chi connectivity index (χ3v) is 4.62. The first-order valence-electron chi connectivity index (χ1n) is 9.77. The number of unbranched alkanes of at least 4 members (excludes halogenated alkanes) is 1. The maximum atomic E-state index is 12.4. The van der Waals surface area contributed by atoms with Gasteiger partial charge >= 0.3 is 5.97 Å². The molecule has 0 heterocycles. The number of ketones is 2. The van der Waals surface area contributed by atoms with Crippen molar-refractivity contribution in [2.24, 2.45) is 0 Å². The second kappa shape index (κ2) is 9.97. The standard InChI is InChI=1S/C25H28O4/c1-5-6-7-16-29-24(28)20-10-8-18(9-11-20)22(26)17-23(27)19-12-14-21(15-13-19)25(2,3)4/h5,8-15H,1,6-7,16-17H2,2-4H3. The highest BCUT2D eigenvalue weighted by Gasteiger charge is 2.17. The lowest BCUT2D eigenvalue weighted by molar-refractivity contribution is 0.0500. The van der Waals surface area contributed by atoms with Gasteiger partial charge in [0.1, 0.15) is 0 Å². The van der Waals surface area contributed by atoms with E-state index in [2.05, 4.69) is 27.4 Å². The van der Waals surface area contributed by atoms with Crippen molar-refractivity contribution in [2.45, 2.75) is 45.4 Å². The molecular weight excluding hydrogens is 364 g/mol. The maximum absolute atomic E-state index is 12.4. The van der Waals surface area contributed by atoms with Crippen molar-refractivity contribution in [3.63, 3.8) is 0 Å². The summed E-state index contributed by atoms with van der Waals surface area (Å²) in [5.41, 5.74) is 2.43. The minimum atomic E-state index is -0.428. The molecule has 2 rings (SSSR count). The van der Waals surface area contributed by atoms with Gasteiger partial charge in [-0.3, -0.25) is 9.59 Å². The summed E-state index contributed by atoms with van der Waals surface area (Å²) in [7, 11) is 0. The van der Waals surface area contributed by atoms with Crippen LogP contribution in [-0.4, -0.2) is 24.1 Å². The number of ether oxygens (including phenoxy) is 1. The van der Waals surface area contributed by atoms with Gasteiger partial charge in [0, 0.05) is 11.1 Å². The fourth-order valence-electron chi connectivity index (χ4n) is 2.77. The first-order chi connectivity index (χ1) is 13.7. The molecule has 0 aliphatic rings. The summed E-state index contributed by atoms with van der Waals surface area (Å²) in [6.45, 7) is 10.3. The van der Waals surface area contributed by atoms with Crippen LogP contribution in [0.3, 0.4) is 0 Å². The quantitative estimate of drug-likeness (QED) is 0.184. The summed E-state index contributed by atoms with van der Waals surface area (Å²) in [4.78, 5) is 36.8. The molecule has 0 radical (unpaired) electrons. The van der Waals surface area contributed by atoms with Gasteiger partial charge < -0.3 is 4.74 Å². The van der Waals surface area contributed by atoms with Crippen LogP contribution < -0.4 is 0 Å². The van der Waals surface area contributed by atoms with Crippen LogP contribution in [0.4, 0.5) is 0 Å². The van der Waals surface area contributed by atoms with Gasteiger partial charge in [0.2, 0.25) is 0 Å². The van der Waals surface area contributed by atoms with E-state index in [0.29, 0.717) is 23.3 Å². The molecule has 0 saturated heterocycles. The van der Waals surface area contributed by atoms with Crippen molar-refractivity contribution in [3.8, 4) is 0 Å². The Bertz CT molecular complexity index is 869. The zero-order valence-electron chi connectivity index (χ0n) is 17.4. The number of hydrogen-bond acceptors (Lipinski definition) is 4. The predicted molar refractivity (Wildman–Crippen MR) is 115 cm³/mol. The molecule has 0 spiro atoms. The number of carbonyl (C=O) groups excluding carboxylic acids is 3. The summed E-state index contributed by atoms with van der Waals surface area (Å²) < 4.78 is 5.16. The van der Waals surface area contributed by atoms with Gasteiger partial charge in [-0.15, -0.1) is 6.58 Å². The van der Waals surface area contributed by atoms with Crippen molar-refractivity contribution in [1.29, 1.82) is 0 Å². The van der Waals surface area contributed by atoms with Crippen molar-refractivity contribution in [2.75, 3.05) is 6.61 Å². The van der Waals surface area contributed by atoms with Crippen LogP contribution in [0.1, 0.15) is 76.7 Å². The van der Waals surface area contributed by atoms with E-state index in [1.165, 1.54) is 0 Å². The lowest BCUT2D eigenvalue weighted by Crippen LogP contribution is -2.12. The number of hydrogen-bond donors (Lipinski definition) is 0. The van der Waals surface area contributed by atoms with Gasteiger partial charge in [0.05, 0.1) is 18.6 Å². The molecule has 0 aliphatic heterocycles. The molecule has 2 aromatic carbocycles.